The summed E-state index contributed by atoms with van der Waals surface area (Å²) in [5.41, 5.74) is 1.20. The van der Waals surface area contributed by atoms with Crippen molar-refractivity contribution in [1.82, 2.24) is 0 Å². The van der Waals surface area contributed by atoms with E-state index in [9.17, 15) is 12.8 Å². The maximum absolute atomic E-state index is 13.2. The molecular formula is C11H13ClFNO2S. The molecule has 0 bridgehead atoms. The Labute approximate surface area is 105 Å². The zero-order valence-corrected chi connectivity index (χ0v) is 10.8. The molecule has 1 aliphatic rings. The lowest BCUT2D eigenvalue weighted by molar-refractivity contribution is 0.608. The maximum atomic E-state index is 13.2. The smallest absolute Gasteiger partial charge is 0.236 e. The van der Waals surface area contributed by atoms with E-state index < -0.39 is 9.05 Å². The third-order valence-electron chi connectivity index (χ3n) is 2.82. The second kappa shape index (κ2) is 4.82. The van der Waals surface area contributed by atoms with Gasteiger partial charge in [0.15, 0.2) is 0 Å². The standard InChI is InChI=1S/C11H13ClFNO2S/c12-17(15,16)8-9-3-4-10(13)7-11(9)14-5-1-2-6-14/h3-4,7H,1-2,5-6,8H2. The molecule has 0 aromatic heterocycles. The molecule has 0 radical (unpaired) electrons. The van der Waals surface area contributed by atoms with Gasteiger partial charge in [-0.15, -0.1) is 0 Å². The van der Waals surface area contributed by atoms with Gasteiger partial charge in [-0.2, -0.15) is 0 Å². The number of halogens is 2. The Kier molecular flexibility index (Phi) is 3.58. The molecule has 0 aliphatic carbocycles. The van der Waals surface area contributed by atoms with Crippen molar-refractivity contribution in [1.29, 1.82) is 0 Å². The van der Waals surface area contributed by atoms with Crippen molar-refractivity contribution in [3.8, 4) is 0 Å². The molecule has 94 valence electrons. The van der Waals surface area contributed by atoms with E-state index in [1.807, 2.05) is 4.90 Å². The molecular weight excluding hydrogens is 265 g/mol. The highest BCUT2D eigenvalue weighted by Crippen LogP contribution is 2.27. The van der Waals surface area contributed by atoms with Crippen LogP contribution in [0.1, 0.15) is 18.4 Å². The van der Waals surface area contributed by atoms with E-state index in [-0.39, 0.29) is 11.6 Å². The lowest BCUT2D eigenvalue weighted by atomic mass is 10.2. The topological polar surface area (TPSA) is 37.4 Å². The normalized spacial score (nSPS) is 16.5. The maximum Gasteiger partial charge on any atom is 0.236 e. The molecule has 17 heavy (non-hydrogen) atoms. The van der Waals surface area contributed by atoms with Crippen LogP contribution >= 0.6 is 10.7 Å². The fourth-order valence-corrected chi connectivity index (χ4v) is 3.07. The molecule has 0 saturated carbocycles. The second-order valence-corrected chi connectivity index (χ2v) is 6.93. The van der Waals surface area contributed by atoms with Gasteiger partial charge in [0.25, 0.3) is 0 Å². The molecule has 1 saturated heterocycles. The van der Waals surface area contributed by atoms with E-state index >= 15 is 0 Å². The van der Waals surface area contributed by atoms with Crippen LogP contribution in [0.5, 0.6) is 0 Å². The molecule has 0 amide bonds. The van der Waals surface area contributed by atoms with Crippen LogP contribution in [0.3, 0.4) is 0 Å². The van der Waals surface area contributed by atoms with Gasteiger partial charge >= 0.3 is 0 Å². The van der Waals surface area contributed by atoms with Crippen molar-refractivity contribution in [2.75, 3.05) is 18.0 Å². The van der Waals surface area contributed by atoms with Crippen LogP contribution in [0.15, 0.2) is 18.2 Å². The van der Waals surface area contributed by atoms with Crippen LogP contribution < -0.4 is 4.90 Å². The van der Waals surface area contributed by atoms with E-state index in [4.69, 9.17) is 10.7 Å². The fraction of sp³-hybridized carbons (Fsp3) is 0.455. The molecule has 0 spiro atoms. The van der Waals surface area contributed by atoms with Crippen LogP contribution in [0.2, 0.25) is 0 Å². The van der Waals surface area contributed by atoms with Crippen molar-refractivity contribution >= 4 is 25.4 Å². The largest absolute Gasteiger partial charge is 0.371 e. The van der Waals surface area contributed by atoms with Gasteiger partial charge in [0.05, 0.1) is 5.75 Å². The van der Waals surface area contributed by atoms with Crippen LogP contribution in [-0.2, 0) is 14.8 Å². The summed E-state index contributed by atoms with van der Waals surface area (Å²) < 4.78 is 35.4. The summed E-state index contributed by atoms with van der Waals surface area (Å²) in [4.78, 5) is 2.00. The molecule has 0 N–H and O–H groups in total. The van der Waals surface area contributed by atoms with Crippen molar-refractivity contribution in [2.24, 2.45) is 0 Å². The zero-order chi connectivity index (χ0) is 12.5. The van der Waals surface area contributed by atoms with Gasteiger partial charge in [0.2, 0.25) is 9.05 Å². The highest BCUT2D eigenvalue weighted by Gasteiger charge is 2.19. The summed E-state index contributed by atoms with van der Waals surface area (Å²) in [5, 5.41) is 0. The van der Waals surface area contributed by atoms with Gasteiger partial charge in [-0.25, -0.2) is 12.8 Å². The van der Waals surface area contributed by atoms with Gasteiger partial charge in [0, 0.05) is 29.5 Å². The monoisotopic (exact) mass is 277 g/mol. The molecule has 1 heterocycles. The third-order valence-corrected chi connectivity index (χ3v) is 3.81. The number of hydrogen-bond donors (Lipinski definition) is 0. The Morgan fingerprint density at radius 3 is 2.53 bits per heavy atom. The molecule has 6 heteroatoms. The Balaban J connectivity index is 2.36. The van der Waals surface area contributed by atoms with E-state index in [0.717, 1.165) is 25.9 Å². The highest BCUT2D eigenvalue weighted by molar-refractivity contribution is 8.13. The molecule has 3 nitrogen and oxygen atoms in total. The van der Waals surface area contributed by atoms with Crippen molar-refractivity contribution < 1.29 is 12.8 Å². The summed E-state index contributed by atoms with van der Waals surface area (Å²) >= 11 is 0. The lowest BCUT2D eigenvalue weighted by Crippen LogP contribution is -2.20. The van der Waals surface area contributed by atoms with Crippen molar-refractivity contribution in [2.45, 2.75) is 18.6 Å². The Bertz CT molecular complexity index is 512. The summed E-state index contributed by atoms with van der Waals surface area (Å²) in [6.07, 6.45) is 2.09. The van der Waals surface area contributed by atoms with E-state index in [1.165, 1.54) is 18.2 Å². The van der Waals surface area contributed by atoms with Gasteiger partial charge in [0.1, 0.15) is 5.82 Å². The van der Waals surface area contributed by atoms with Crippen LogP contribution in [0.4, 0.5) is 10.1 Å². The first kappa shape index (κ1) is 12.6. The summed E-state index contributed by atoms with van der Waals surface area (Å²) in [6.45, 7) is 1.66. The van der Waals surface area contributed by atoms with Crippen LogP contribution in [0.25, 0.3) is 0 Å². The molecule has 1 aliphatic heterocycles. The van der Waals surface area contributed by atoms with E-state index in [0.29, 0.717) is 11.3 Å². The highest BCUT2D eigenvalue weighted by atomic mass is 35.7. The molecule has 1 aromatic carbocycles. The minimum absolute atomic E-state index is 0.263. The number of anilines is 1. The summed E-state index contributed by atoms with van der Waals surface area (Å²) in [5.74, 6) is -0.622. The van der Waals surface area contributed by atoms with Crippen molar-refractivity contribution in [3.63, 3.8) is 0 Å². The van der Waals surface area contributed by atoms with Crippen molar-refractivity contribution in [3.05, 3.63) is 29.6 Å². The first-order valence-corrected chi connectivity index (χ1v) is 7.89. The van der Waals surface area contributed by atoms with Crippen LogP contribution in [-0.4, -0.2) is 21.5 Å². The lowest BCUT2D eigenvalue weighted by Gasteiger charge is -2.21. The predicted molar refractivity (Wildman–Crippen MR) is 66.3 cm³/mol. The number of rotatable bonds is 3. The van der Waals surface area contributed by atoms with Crippen LogP contribution in [0, 0.1) is 5.82 Å². The van der Waals surface area contributed by atoms with Gasteiger partial charge in [-0.05, 0) is 30.5 Å². The Hall–Kier alpha value is -0.810. The molecule has 0 atom stereocenters. The number of hydrogen-bond acceptors (Lipinski definition) is 3. The number of benzene rings is 1. The Morgan fingerprint density at radius 2 is 1.94 bits per heavy atom. The summed E-state index contributed by atoms with van der Waals surface area (Å²) in [6, 6.07) is 4.13. The van der Waals surface area contributed by atoms with Gasteiger partial charge in [-0.1, -0.05) is 6.07 Å². The Morgan fingerprint density at radius 1 is 1.29 bits per heavy atom. The third kappa shape index (κ3) is 3.33. The average molecular weight is 278 g/mol. The zero-order valence-electron chi connectivity index (χ0n) is 9.20. The van der Waals surface area contributed by atoms with Gasteiger partial charge in [-0.3, -0.25) is 0 Å². The minimum Gasteiger partial charge on any atom is -0.371 e. The molecule has 1 aromatic rings. The minimum atomic E-state index is -3.62. The SMILES string of the molecule is O=S(=O)(Cl)Cc1ccc(F)cc1N1CCCC1. The van der Waals surface area contributed by atoms with E-state index in [2.05, 4.69) is 0 Å². The fourth-order valence-electron chi connectivity index (χ4n) is 2.10. The predicted octanol–water partition coefficient (Wildman–Crippen LogP) is 2.49. The molecule has 1 fully saturated rings. The average Bonchev–Trinajstić information content (AvgIpc) is 2.71. The summed E-state index contributed by atoms with van der Waals surface area (Å²) in [7, 11) is 1.63. The second-order valence-electron chi connectivity index (χ2n) is 4.15. The molecule has 0 unspecified atom stereocenters. The quantitative estimate of drug-likeness (QED) is 0.797. The number of nitrogens with zero attached hydrogens (tertiary/aromatic N) is 1. The van der Waals surface area contributed by atoms with E-state index in [1.54, 1.807) is 0 Å². The van der Waals surface area contributed by atoms with Gasteiger partial charge < -0.3 is 4.90 Å². The molecule has 2 rings (SSSR count). The first-order valence-electron chi connectivity index (χ1n) is 5.41. The first-order chi connectivity index (χ1) is 7.96.